The zero-order valence-corrected chi connectivity index (χ0v) is 8.84. The summed E-state index contributed by atoms with van der Waals surface area (Å²) in [5.41, 5.74) is 6.24. The Morgan fingerprint density at radius 2 is 1.85 bits per heavy atom. The number of thiazole rings is 1. The summed E-state index contributed by atoms with van der Waals surface area (Å²) in [7, 11) is 0. The van der Waals surface area contributed by atoms with Crippen LogP contribution in [0.2, 0.25) is 0 Å². The molecule has 0 atom stereocenters. The van der Waals surface area contributed by atoms with Gasteiger partial charge >= 0.3 is 0 Å². The van der Waals surface area contributed by atoms with E-state index < -0.39 is 0 Å². The average molecular weight is 257 g/mol. The van der Waals surface area contributed by atoms with Crippen LogP contribution < -0.4 is 5.73 Å². The molecular formula is C7H5BrN4S. The molecule has 0 saturated carbocycles. The van der Waals surface area contributed by atoms with E-state index in [4.69, 9.17) is 5.73 Å². The molecule has 0 fully saturated rings. The van der Waals surface area contributed by atoms with Crippen molar-refractivity contribution in [3.63, 3.8) is 0 Å². The molecule has 0 saturated heterocycles. The molecule has 0 unspecified atom stereocenters. The van der Waals surface area contributed by atoms with Gasteiger partial charge in [-0.3, -0.25) is 0 Å². The standard InChI is InChI=1S/C7H5BrN4S/c8-5-3-10-6(13-5)4-1-11-7(9)12-2-4/h1-3H,(H2,9,11,12). The predicted octanol–water partition coefficient (Wildman–Crippen LogP) is 1.94. The highest BCUT2D eigenvalue weighted by molar-refractivity contribution is 9.11. The normalized spacial score (nSPS) is 10.2. The van der Waals surface area contributed by atoms with Crippen molar-refractivity contribution in [3.05, 3.63) is 22.4 Å². The maximum atomic E-state index is 5.36. The highest BCUT2D eigenvalue weighted by Gasteiger charge is 2.03. The summed E-state index contributed by atoms with van der Waals surface area (Å²) >= 11 is 4.87. The number of halogens is 1. The zero-order valence-electron chi connectivity index (χ0n) is 6.44. The molecule has 2 heterocycles. The van der Waals surface area contributed by atoms with Gasteiger partial charge in [0.25, 0.3) is 0 Å². The molecule has 0 aliphatic rings. The van der Waals surface area contributed by atoms with Crippen molar-refractivity contribution < 1.29 is 0 Å². The van der Waals surface area contributed by atoms with E-state index >= 15 is 0 Å². The fraction of sp³-hybridized carbons (Fsp3) is 0. The van der Waals surface area contributed by atoms with E-state index in [9.17, 15) is 0 Å². The Hall–Kier alpha value is -1.01. The van der Waals surface area contributed by atoms with Crippen LogP contribution in [0, 0.1) is 0 Å². The van der Waals surface area contributed by atoms with Crippen molar-refractivity contribution >= 4 is 33.2 Å². The highest BCUT2D eigenvalue weighted by atomic mass is 79.9. The van der Waals surface area contributed by atoms with Crippen LogP contribution in [0.25, 0.3) is 10.6 Å². The highest BCUT2D eigenvalue weighted by Crippen LogP contribution is 2.27. The van der Waals surface area contributed by atoms with Gasteiger partial charge in [-0.15, -0.1) is 11.3 Å². The van der Waals surface area contributed by atoms with Crippen LogP contribution >= 0.6 is 27.3 Å². The van der Waals surface area contributed by atoms with Crippen LogP contribution in [0.15, 0.2) is 22.4 Å². The Bertz CT molecular complexity index is 411. The number of hydrogen-bond donors (Lipinski definition) is 1. The lowest BCUT2D eigenvalue weighted by atomic mass is 10.4. The minimum absolute atomic E-state index is 0.277. The fourth-order valence-electron chi connectivity index (χ4n) is 0.836. The Morgan fingerprint density at radius 3 is 2.38 bits per heavy atom. The number of nitrogen functional groups attached to an aromatic ring is 1. The Labute approximate surface area is 87.0 Å². The van der Waals surface area contributed by atoms with Gasteiger partial charge in [0.2, 0.25) is 5.95 Å². The van der Waals surface area contributed by atoms with Crippen LogP contribution in [-0.2, 0) is 0 Å². The maximum absolute atomic E-state index is 5.36. The molecule has 0 amide bonds. The summed E-state index contributed by atoms with van der Waals surface area (Å²) in [4.78, 5) is 11.9. The van der Waals surface area contributed by atoms with E-state index in [-0.39, 0.29) is 5.95 Å². The van der Waals surface area contributed by atoms with Crippen molar-refractivity contribution in [3.8, 4) is 10.6 Å². The first-order valence-corrected chi connectivity index (χ1v) is 5.06. The van der Waals surface area contributed by atoms with Gasteiger partial charge in [0.15, 0.2) is 0 Å². The van der Waals surface area contributed by atoms with E-state index in [0.29, 0.717) is 0 Å². The molecule has 0 bridgehead atoms. The molecule has 66 valence electrons. The maximum Gasteiger partial charge on any atom is 0.219 e. The second-order valence-corrected chi connectivity index (χ2v) is 4.71. The summed E-state index contributed by atoms with van der Waals surface area (Å²) < 4.78 is 0.985. The molecule has 2 N–H and O–H groups in total. The molecule has 0 aliphatic heterocycles. The quantitative estimate of drug-likeness (QED) is 0.847. The third kappa shape index (κ3) is 1.84. The largest absolute Gasteiger partial charge is 0.368 e. The van der Waals surface area contributed by atoms with Crippen LogP contribution in [0.3, 0.4) is 0 Å². The lowest BCUT2D eigenvalue weighted by Crippen LogP contribution is -1.93. The second kappa shape index (κ2) is 3.39. The van der Waals surface area contributed by atoms with Gasteiger partial charge in [-0.1, -0.05) is 0 Å². The number of aromatic nitrogens is 3. The van der Waals surface area contributed by atoms with Crippen molar-refractivity contribution in [2.45, 2.75) is 0 Å². The fourth-order valence-corrected chi connectivity index (χ4v) is 2.02. The minimum Gasteiger partial charge on any atom is -0.368 e. The molecule has 0 radical (unpaired) electrons. The lowest BCUT2D eigenvalue weighted by Gasteiger charge is -1.93. The van der Waals surface area contributed by atoms with Crippen LogP contribution in [0.5, 0.6) is 0 Å². The molecule has 6 heteroatoms. The summed E-state index contributed by atoms with van der Waals surface area (Å²) in [5, 5.41) is 0.881. The van der Waals surface area contributed by atoms with Crippen LogP contribution in [0.4, 0.5) is 5.95 Å². The Balaban J connectivity index is 2.41. The van der Waals surface area contributed by atoms with Crippen molar-refractivity contribution in [2.24, 2.45) is 0 Å². The summed E-state index contributed by atoms with van der Waals surface area (Å²) in [6.45, 7) is 0. The number of rotatable bonds is 1. The van der Waals surface area contributed by atoms with E-state index in [1.807, 2.05) is 0 Å². The lowest BCUT2D eigenvalue weighted by molar-refractivity contribution is 1.18. The number of anilines is 1. The molecule has 2 rings (SSSR count). The SMILES string of the molecule is Nc1ncc(-c2ncc(Br)s2)cn1. The van der Waals surface area contributed by atoms with Crippen molar-refractivity contribution in [1.82, 2.24) is 15.0 Å². The first-order valence-electron chi connectivity index (χ1n) is 3.45. The smallest absolute Gasteiger partial charge is 0.219 e. The summed E-state index contributed by atoms with van der Waals surface area (Å²) in [5.74, 6) is 0.277. The van der Waals surface area contributed by atoms with Gasteiger partial charge in [0, 0.05) is 18.0 Å². The van der Waals surface area contributed by atoms with Gasteiger partial charge in [-0.2, -0.15) is 0 Å². The molecule has 0 aliphatic carbocycles. The minimum atomic E-state index is 0.277. The molecule has 13 heavy (non-hydrogen) atoms. The third-order valence-electron chi connectivity index (χ3n) is 1.40. The number of nitrogens with zero attached hydrogens (tertiary/aromatic N) is 3. The summed E-state index contributed by atoms with van der Waals surface area (Å²) in [6, 6.07) is 0. The van der Waals surface area contributed by atoms with Gasteiger partial charge in [0.1, 0.15) is 5.01 Å². The molecule has 0 aromatic carbocycles. The van der Waals surface area contributed by atoms with Crippen molar-refractivity contribution in [1.29, 1.82) is 0 Å². The van der Waals surface area contributed by atoms with E-state index in [1.54, 1.807) is 18.6 Å². The second-order valence-electron chi connectivity index (χ2n) is 2.30. The molecule has 4 nitrogen and oxygen atoms in total. The van der Waals surface area contributed by atoms with Crippen LogP contribution in [0.1, 0.15) is 0 Å². The number of nitrogens with two attached hydrogens (primary N) is 1. The van der Waals surface area contributed by atoms with Gasteiger partial charge < -0.3 is 5.73 Å². The third-order valence-corrected chi connectivity index (χ3v) is 2.92. The molecule has 2 aromatic heterocycles. The molecule has 2 aromatic rings. The van der Waals surface area contributed by atoms with Crippen LogP contribution in [-0.4, -0.2) is 15.0 Å². The van der Waals surface area contributed by atoms with E-state index in [0.717, 1.165) is 14.4 Å². The van der Waals surface area contributed by atoms with Gasteiger partial charge in [-0.05, 0) is 15.9 Å². The molecule has 0 spiro atoms. The number of hydrogen-bond acceptors (Lipinski definition) is 5. The average Bonchev–Trinajstić information content (AvgIpc) is 2.53. The monoisotopic (exact) mass is 256 g/mol. The first kappa shape index (κ1) is 8.58. The first-order chi connectivity index (χ1) is 6.25. The van der Waals surface area contributed by atoms with Gasteiger partial charge in [0.05, 0.1) is 9.98 Å². The Morgan fingerprint density at radius 1 is 1.15 bits per heavy atom. The Kier molecular flexibility index (Phi) is 2.24. The van der Waals surface area contributed by atoms with Gasteiger partial charge in [-0.25, -0.2) is 15.0 Å². The topological polar surface area (TPSA) is 64.7 Å². The predicted molar refractivity (Wildman–Crippen MR) is 55.3 cm³/mol. The van der Waals surface area contributed by atoms with E-state index in [2.05, 4.69) is 30.9 Å². The summed E-state index contributed by atoms with van der Waals surface area (Å²) in [6.07, 6.45) is 5.07. The zero-order chi connectivity index (χ0) is 9.26. The van der Waals surface area contributed by atoms with E-state index in [1.165, 1.54) is 11.3 Å². The molecular weight excluding hydrogens is 252 g/mol. The van der Waals surface area contributed by atoms with Crippen molar-refractivity contribution in [2.75, 3.05) is 5.73 Å².